The van der Waals surface area contributed by atoms with Gasteiger partial charge in [-0.15, -0.1) is 0 Å². The fourth-order valence-electron chi connectivity index (χ4n) is 1.37. The molecular formula is C12H26O2. The quantitative estimate of drug-likeness (QED) is 0.655. The SMILES string of the molecule is CCCCC(CC)COCC(C)(C)O. The van der Waals surface area contributed by atoms with Crippen LogP contribution in [0.25, 0.3) is 0 Å². The van der Waals surface area contributed by atoms with Crippen LogP contribution in [0.3, 0.4) is 0 Å². The van der Waals surface area contributed by atoms with E-state index in [0.717, 1.165) is 6.61 Å². The molecule has 0 aliphatic carbocycles. The van der Waals surface area contributed by atoms with Crippen LogP contribution in [0.15, 0.2) is 0 Å². The Morgan fingerprint density at radius 1 is 1.29 bits per heavy atom. The molecule has 0 aliphatic heterocycles. The number of rotatable bonds is 8. The molecule has 14 heavy (non-hydrogen) atoms. The van der Waals surface area contributed by atoms with Gasteiger partial charge in [-0.05, 0) is 26.2 Å². The first-order valence-corrected chi connectivity index (χ1v) is 5.79. The first-order chi connectivity index (χ1) is 6.49. The van der Waals surface area contributed by atoms with Crippen LogP contribution in [0.2, 0.25) is 0 Å². The number of ether oxygens (including phenoxy) is 1. The van der Waals surface area contributed by atoms with Crippen LogP contribution in [0.1, 0.15) is 53.4 Å². The van der Waals surface area contributed by atoms with E-state index >= 15 is 0 Å². The highest BCUT2D eigenvalue weighted by atomic mass is 16.5. The lowest BCUT2D eigenvalue weighted by molar-refractivity contribution is -0.0316. The van der Waals surface area contributed by atoms with Crippen LogP contribution < -0.4 is 0 Å². The lowest BCUT2D eigenvalue weighted by Crippen LogP contribution is -2.27. The number of unbranched alkanes of at least 4 members (excludes halogenated alkanes) is 1. The molecule has 0 aromatic rings. The van der Waals surface area contributed by atoms with Gasteiger partial charge in [0.05, 0.1) is 12.2 Å². The zero-order valence-corrected chi connectivity index (χ0v) is 10.2. The molecule has 2 nitrogen and oxygen atoms in total. The predicted molar refractivity (Wildman–Crippen MR) is 60.4 cm³/mol. The number of aliphatic hydroxyl groups is 1. The van der Waals surface area contributed by atoms with E-state index in [4.69, 9.17) is 4.74 Å². The molecule has 0 saturated heterocycles. The van der Waals surface area contributed by atoms with Gasteiger partial charge in [0, 0.05) is 6.61 Å². The molecule has 0 aliphatic rings. The zero-order chi connectivity index (χ0) is 11.0. The minimum atomic E-state index is -0.691. The van der Waals surface area contributed by atoms with Gasteiger partial charge in [-0.3, -0.25) is 0 Å². The summed E-state index contributed by atoms with van der Waals surface area (Å²) in [6, 6.07) is 0. The van der Waals surface area contributed by atoms with Crippen LogP contribution in [-0.2, 0) is 4.74 Å². The third-order valence-corrected chi connectivity index (χ3v) is 2.35. The maximum atomic E-state index is 9.45. The highest BCUT2D eigenvalue weighted by Crippen LogP contribution is 2.13. The summed E-state index contributed by atoms with van der Waals surface area (Å²) in [5, 5.41) is 9.45. The summed E-state index contributed by atoms with van der Waals surface area (Å²) < 4.78 is 5.50. The summed E-state index contributed by atoms with van der Waals surface area (Å²) in [6.07, 6.45) is 4.96. The fraction of sp³-hybridized carbons (Fsp3) is 1.00. The van der Waals surface area contributed by atoms with Crippen molar-refractivity contribution in [1.29, 1.82) is 0 Å². The molecule has 0 spiro atoms. The van der Waals surface area contributed by atoms with Crippen molar-refractivity contribution >= 4 is 0 Å². The van der Waals surface area contributed by atoms with Crippen LogP contribution in [0.4, 0.5) is 0 Å². The molecule has 1 unspecified atom stereocenters. The van der Waals surface area contributed by atoms with Gasteiger partial charge in [-0.1, -0.05) is 33.1 Å². The van der Waals surface area contributed by atoms with Gasteiger partial charge < -0.3 is 9.84 Å². The minimum Gasteiger partial charge on any atom is -0.388 e. The molecule has 0 bridgehead atoms. The van der Waals surface area contributed by atoms with E-state index < -0.39 is 5.60 Å². The van der Waals surface area contributed by atoms with Crippen molar-refractivity contribution in [2.45, 2.75) is 59.0 Å². The summed E-state index contributed by atoms with van der Waals surface area (Å²) in [7, 11) is 0. The maximum Gasteiger partial charge on any atom is 0.0824 e. The largest absolute Gasteiger partial charge is 0.388 e. The number of hydrogen-bond donors (Lipinski definition) is 1. The van der Waals surface area contributed by atoms with Crippen molar-refractivity contribution in [3.63, 3.8) is 0 Å². The smallest absolute Gasteiger partial charge is 0.0824 e. The molecule has 1 atom stereocenters. The van der Waals surface area contributed by atoms with E-state index in [1.165, 1.54) is 25.7 Å². The van der Waals surface area contributed by atoms with Crippen molar-refractivity contribution < 1.29 is 9.84 Å². The second kappa shape index (κ2) is 7.24. The summed E-state index contributed by atoms with van der Waals surface area (Å²) in [5.74, 6) is 0.664. The van der Waals surface area contributed by atoms with Gasteiger partial charge in [0.15, 0.2) is 0 Å². The average Bonchev–Trinajstić information content (AvgIpc) is 2.09. The van der Waals surface area contributed by atoms with E-state index in [1.54, 1.807) is 13.8 Å². The molecule has 0 amide bonds. The summed E-state index contributed by atoms with van der Waals surface area (Å²) in [6.45, 7) is 9.20. The Labute approximate surface area is 88.7 Å². The average molecular weight is 202 g/mol. The fourth-order valence-corrected chi connectivity index (χ4v) is 1.37. The van der Waals surface area contributed by atoms with Crippen molar-refractivity contribution in [1.82, 2.24) is 0 Å². The maximum absolute atomic E-state index is 9.45. The second-order valence-corrected chi connectivity index (χ2v) is 4.74. The van der Waals surface area contributed by atoms with Gasteiger partial charge in [0.25, 0.3) is 0 Å². The van der Waals surface area contributed by atoms with E-state index in [-0.39, 0.29) is 0 Å². The van der Waals surface area contributed by atoms with Crippen LogP contribution in [0.5, 0.6) is 0 Å². The normalized spacial score (nSPS) is 14.4. The molecule has 0 radical (unpaired) electrons. The molecular weight excluding hydrogens is 176 g/mol. The van der Waals surface area contributed by atoms with Gasteiger partial charge in [-0.2, -0.15) is 0 Å². The third-order valence-electron chi connectivity index (χ3n) is 2.35. The topological polar surface area (TPSA) is 29.5 Å². The Hall–Kier alpha value is -0.0800. The highest BCUT2D eigenvalue weighted by Gasteiger charge is 2.13. The van der Waals surface area contributed by atoms with Gasteiger partial charge in [-0.25, -0.2) is 0 Å². The van der Waals surface area contributed by atoms with Crippen LogP contribution in [-0.4, -0.2) is 23.9 Å². The molecule has 0 aromatic heterocycles. The van der Waals surface area contributed by atoms with Crippen molar-refractivity contribution in [2.24, 2.45) is 5.92 Å². The molecule has 1 N–H and O–H groups in total. The van der Waals surface area contributed by atoms with Crippen molar-refractivity contribution in [3.8, 4) is 0 Å². The third kappa shape index (κ3) is 8.52. The van der Waals surface area contributed by atoms with Gasteiger partial charge in [0.1, 0.15) is 0 Å². The molecule has 86 valence electrons. The molecule has 0 saturated carbocycles. The Morgan fingerprint density at radius 3 is 2.36 bits per heavy atom. The van der Waals surface area contributed by atoms with Gasteiger partial charge in [0.2, 0.25) is 0 Å². The molecule has 2 heteroatoms. The molecule has 0 aromatic carbocycles. The second-order valence-electron chi connectivity index (χ2n) is 4.74. The van der Waals surface area contributed by atoms with Crippen LogP contribution >= 0.6 is 0 Å². The first kappa shape index (κ1) is 13.9. The van der Waals surface area contributed by atoms with Crippen molar-refractivity contribution in [3.05, 3.63) is 0 Å². The van der Waals surface area contributed by atoms with E-state index in [0.29, 0.717) is 12.5 Å². The lowest BCUT2D eigenvalue weighted by atomic mass is 10.0. The zero-order valence-electron chi connectivity index (χ0n) is 10.2. The summed E-state index contributed by atoms with van der Waals surface area (Å²) >= 11 is 0. The Balaban J connectivity index is 3.52. The Bertz CT molecular complexity index is 127. The number of hydrogen-bond acceptors (Lipinski definition) is 2. The van der Waals surface area contributed by atoms with E-state index in [2.05, 4.69) is 13.8 Å². The van der Waals surface area contributed by atoms with Crippen molar-refractivity contribution in [2.75, 3.05) is 13.2 Å². The first-order valence-electron chi connectivity index (χ1n) is 5.79. The summed E-state index contributed by atoms with van der Waals surface area (Å²) in [5.41, 5.74) is -0.691. The summed E-state index contributed by atoms with van der Waals surface area (Å²) in [4.78, 5) is 0. The lowest BCUT2D eigenvalue weighted by Gasteiger charge is -2.20. The van der Waals surface area contributed by atoms with E-state index in [1.807, 2.05) is 0 Å². The Morgan fingerprint density at radius 2 is 1.93 bits per heavy atom. The molecule has 0 heterocycles. The van der Waals surface area contributed by atoms with Crippen LogP contribution in [0, 0.1) is 5.92 Å². The molecule has 0 rings (SSSR count). The predicted octanol–water partition coefficient (Wildman–Crippen LogP) is 2.99. The Kier molecular flexibility index (Phi) is 7.20. The molecule has 0 fully saturated rings. The van der Waals surface area contributed by atoms with Gasteiger partial charge >= 0.3 is 0 Å². The standard InChI is InChI=1S/C12H26O2/c1-5-7-8-11(6-2)9-14-10-12(3,4)13/h11,13H,5-10H2,1-4H3. The van der Waals surface area contributed by atoms with E-state index in [9.17, 15) is 5.11 Å². The monoisotopic (exact) mass is 202 g/mol. The highest BCUT2D eigenvalue weighted by molar-refractivity contribution is 4.64. The minimum absolute atomic E-state index is 0.440.